The fraction of sp³-hybridized carbons (Fsp3) is 0.643. The van der Waals surface area contributed by atoms with E-state index in [-0.39, 0.29) is 7.92 Å². The molecule has 0 radical (unpaired) electrons. The van der Waals surface area contributed by atoms with Gasteiger partial charge in [-0.3, -0.25) is 0 Å². The van der Waals surface area contributed by atoms with E-state index < -0.39 is 7.14 Å². The van der Waals surface area contributed by atoms with Gasteiger partial charge in [0.25, 0.3) is 0 Å². The Labute approximate surface area is 207 Å². The fourth-order valence-corrected chi connectivity index (χ4v) is 12.8. The summed E-state index contributed by atoms with van der Waals surface area (Å²) in [5, 5.41) is 1.19. The zero-order valence-electron chi connectivity index (χ0n) is 23.7. The third-order valence-corrected chi connectivity index (χ3v) is 19.2. The SMILES string of the molecule is B[PH](Cc1cccc(-c2cccc(CP(C(C)(C)C)C(C)(C)C)n2)n1)(C(C)(C)C)C(C)(C)C. The Hall–Kier alpha value is -0.775. The van der Waals surface area contributed by atoms with Crippen LogP contribution in [0.1, 0.15) is 94.5 Å². The van der Waals surface area contributed by atoms with E-state index in [0.717, 1.165) is 23.7 Å². The Kier molecular flexibility index (Phi) is 8.37. The van der Waals surface area contributed by atoms with Crippen molar-refractivity contribution in [1.29, 1.82) is 0 Å². The molecule has 33 heavy (non-hydrogen) atoms. The molecule has 0 aliphatic carbocycles. The minimum absolute atomic E-state index is 0.229. The number of rotatable bonds is 5. The number of hydrogen-bond donors (Lipinski definition) is 0. The van der Waals surface area contributed by atoms with Crippen molar-refractivity contribution < 1.29 is 0 Å². The van der Waals surface area contributed by atoms with Gasteiger partial charge in [-0.1, -0.05) is 0 Å². The summed E-state index contributed by atoms with van der Waals surface area (Å²) < 4.78 is 0. The molecule has 0 aliphatic heterocycles. The van der Waals surface area contributed by atoms with Crippen LogP contribution in [0.15, 0.2) is 36.4 Å². The molecule has 184 valence electrons. The summed E-state index contributed by atoms with van der Waals surface area (Å²) in [6.07, 6.45) is 2.14. The van der Waals surface area contributed by atoms with Crippen LogP contribution in [-0.2, 0) is 12.3 Å². The molecule has 0 aromatic carbocycles. The Morgan fingerprint density at radius 2 is 1.06 bits per heavy atom. The number of hydrogen-bond acceptors (Lipinski definition) is 2. The van der Waals surface area contributed by atoms with E-state index >= 15 is 0 Å². The molecule has 0 spiro atoms. The van der Waals surface area contributed by atoms with Crippen molar-refractivity contribution in [3.63, 3.8) is 0 Å². The summed E-state index contributed by atoms with van der Waals surface area (Å²) in [5.41, 5.74) is 4.41. The van der Waals surface area contributed by atoms with Gasteiger partial charge in [-0.15, -0.1) is 0 Å². The normalized spacial score (nSPS) is 14.6. The van der Waals surface area contributed by atoms with E-state index in [4.69, 9.17) is 9.97 Å². The second kappa shape index (κ2) is 9.70. The van der Waals surface area contributed by atoms with Crippen LogP contribution in [0.5, 0.6) is 0 Å². The first-order chi connectivity index (χ1) is 14.8. The van der Waals surface area contributed by atoms with Crippen molar-refractivity contribution in [2.45, 2.75) is 116 Å². The molecule has 2 aromatic heterocycles. The zero-order chi connectivity index (χ0) is 25.5. The van der Waals surface area contributed by atoms with Gasteiger partial charge < -0.3 is 0 Å². The van der Waals surface area contributed by atoms with E-state index in [1.54, 1.807) is 0 Å². The van der Waals surface area contributed by atoms with Crippen LogP contribution in [0.2, 0.25) is 0 Å². The zero-order valence-corrected chi connectivity index (χ0v) is 25.6. The van der Waals surface area contributed by atoms with Crippen LogP contribution in [0, 0.1) is 0 Å². The quantitative estimate of drug-likeness (QED) is 0.315. The molecule has 0 N–H and O–H groups in total. The summed E-state index contributed by atoms with van der Waals surface area (Å²) in [4.78, 5) is 10.3. The molecule has 5 heteroatoms. The minimum atomic E-state index is -1.67. The molecule has 2 aromatic rings. The molecular weight excluding hydrogens is 437 g/mol. The third-order valence-electron chi connectivity index (χ3n) is 7.66. The molecule has 0 saturated carbocycles. The van der Waals surface area contributed by atoms with Crippen LogP contribution >= 0.6 is 15.1 Å². The van der Waals surface area contributed by atoms with Gasteiger partial charge in [-0.25, -0.2) is 0 Å². The van der Waals surface area contributed by atoms with Gasteiger partial charge in [0.2, 0.25) is 0 Å². The van der Waals surface area contributed by atoms with Gasteiger partial charge in [-0.2, -0.15) is 0 Å². The van der Waals surface area contributed by atoms with Gasteiger partial charge in [-0.05, 0) is 0 Å². The van der Waals surface area contributed by atoms with Crippen LogP contribution in [-0.4, -0.2) is 38.2 Å². The topological polar surface area (TPSA) is 25.8 Å². The predicted octanol–water partition coefficient (Wildman–Crippen LogP) is 8.12. The Morgan fingerprint density at radius 3 is 1.45 bits per heavy atom. The van der Waals surface area contributed by atoms with Crippen LogP contribution in [0.3, 0.4) is 0 Å². The maximum absolute atomic E-state index is 5.15. The van der Waals surface area contributed by atoms with Crippen molar-refractivity contribution in [3.8, 4) is 11.4 Å². The first kappa shape index (κ1) is 28.5. The van der Waals surface area contributed by atoms with Crippen molar-refractivity contribution in [2.24, 2.45) is 0 Å². The fourth-order valence-electron chi connectivity index (χ4n) is 5.09. The van der Waals surface area contributed by atoms with Gasteiger partial charge in [0, 0.05) is 0 Å². The average Bonchev–Trinajstić information content (AvgIpc) is 2.63. The third kappa shape index (κ3) is 6.89. The van der Waals surface area contributed by atoms with Crippen molar-refractivity contribution in [3.05, 3.63) is 47.8 Å². The van der Waals surface area contributed by atoms with Crippen molar-refractivity contribution >= 4 is 22.6 Å². The Morgan fingerprint density at radius 1 is 0.667 bits per heavy atom. The van der Waals surface area contributed by atoms with Gasteiger partial charge in [0.05, 0.1) is 0 Å². The molecule has 0 unspecified atom stereocenters. The van der Waals surface area contributed by atoms with E-state index in [1.165, 1.54) is 11.4 Å². The van der Waals surface area contributed by atoms with E-state index in [1.807, 2.05) is 0 Å². The molecule has 0 saturated heterocycles. The molecule has 2 heterocycles. The first-order valence-corrected chi connectivity index (χ1v) is 16.7. The van der Waals surface area contributed by atoms with Gasteiger partial charge >= 0.3 is 208 Å². The molecule has 2 nitrogen and oxygen atoms in total. The second-order valence-corrected chi connectivity index (χ2v) is 23.8. The number of pyridine rings is 2. The second-order valence-electron chi connectivity index (χ2n) is 14.0. The molecule has 0 bridgehead atoms. The standard InChI is InChI=1S/C28H49BN2P2/c1-25(2,3)32(26(4,5)6)19-21-15-13-17-23(30-21)24-18-14-16-22(31-24)20-33(29,27(7,8)9)28(10,11)12/h13-18,33H,19-20,29H2,1-12H3. The Bertz CT molecular complexity index is 916. The average molecular weight is 486 g/mol. The molecular formula is C28H49BN2P2. The van der Waals surface area contributed by atoms with E-state index in [0.29, 0.717) is 20.6 Å². The first-order valence-electron chi connectivity index (χ1n) is 12.5. The molecule has 0 aliphatic rings. The molecule has 2 rings (SSSR count). The summed E-state index contributed by atoms with van der Waals surface area (Å²) in [6.45, 7) is 28.8. The maximum atomic E-state index is 5.15. The molecule has 0 atom stereocenters. The van der Waals surface area contributed by atoms with Crippen LogP contribution < -0.4 is 0 Å². The van der Waals surface area contributed by atoms with Crippen molar-refractivity contribution in [1.82, 2.24) is 9.97 Å². The summed E-state index contributed by atoms with van der Waals surface area (Å²) in [5.74, 6) is 0. The summed E-state index contributed by atoms with van der Waals surface area (Å²) in [6, 6.07) is 13.0. The van der Waals surface area contributed by atoms with Crippen molar-refractivity contribution in [2.75, 3.05) is 0 Å². The summed E-state index contributed by atoms with van der Waals surface area (Å²) in [7, 11) is 0.656. The molecule has 0 amide bonds. The van der Waals surface area contributed by atoms with E-state index in [2.05, 4.69) is 127 Å². The predicted molar refractivity (Wildman–Crippen MR) is 158 cm³/mol. The summed E-state index contributed by atoms with van der Waals surface area (Å²) >= 11 is 0. The Balaban J connectivity index is 2.40. The van der Waals surface area contributed by atoms with Gasteiger partial charge in [0.15, 0.2) is 0 Å². The number of nitrogens with zero attached hydrogens (tertiary/aromatic N) is 2. The van der Waals surface area contributed by atoms with Crippen LogP contribution in [0.25, 0.3) is 11.4 Å². The number of aromatic nitrogens is 2. The van der Waals surface area contributed by atoms with Crippen LogP contribution in [0.4, 0.5) is 0 Å². The van der Waals surface area contributed by atoms with Gasteiger partial charge in [0.1, 0.15) is 0 Å². The van der Waals surface area contributed by atoms with E-state index in [9.17, 15) is 0 Å². The monoisotopic (exact) mass is 486 g/mol. The molecule has 0 fully saturated rings.